The van der Waals surface area contributed by atoms with Gasteiger partial charge in [0.15, 0.2) is 0 Å². The van der Waals surface area contributed by atoms with Crippen LogP contribution in [0.1, 0.15) is 105 Å². The molecule has 17 heteroatoms. The van der Waals surface area contributed by atoms with Gasteiger partial charge in [0.25, 0.3) is 11.8 Å². The Balaban J connectivity index is 1.43. The fourth-order valence-electron chi connectivity index (χ4n) is 9.96. The van der Waals surface area contributed by atoms with Gasteiger partial charge < -0.3 is 39.9 Å². The Morgan fingerprint density at radius 3 is 2.01 bits per heavy atom. The maximum atomic E-state index is 14.6. The fourth-order valence-corrected chi connectivity index (χ4v) is 9.96. The van der Waals surface area contributed by atoms with Crippen LogP contribution in [0.15, 0.2) is 42.5 Å². The smallest absolute Gasteiger partial charge is 0.326 e. The van der Waals surface area contributed by atoms with E-state index in [2.05, 4.69) is 10.6 Å². The number of amides is 7. The summed E-state index contributed by atoms with van der Waals surface area (Å²) in [7, 11) is 6.25. The van der Waals surface area contributed by atoms with E-state index < -0.39 is 66.1 Å². The van der Waals surface area contributed by atoms with Crippen molar-refractivity contribution in [2.24, 2.45) is 29.6 Å². The second-order valence-electron chi connectivity index (χ2n) is 19.4. The number of unbranched alkanes of at least 4 members (excludes halogenated alkanes) is 2. The fraction of sp³-hybridized carbons (Fsp3) is 0.680. The summed E-state index contributed by atoms with van der Waals surface area (Å²) in [4.78, 5) is 112. The number of piperidine rings is 1. The molecule has 1 saturated heterocycles. The third kappa shape index (κ3) is 13.7. The number of methoxy groups -OCH3 is 2. The molecule has 11 atom stereocenters. The molecule has 3 aliphatic rings. The molecule has 0 aromatic heterocycles. The second-order valence-corrected chi connectivity index (χ2v) is 19.4. The van der Waals surface area contributed by atoms with Gasteiger partial charge in [-0.3, -0.25) is 38.5 Å². The highest BCUT2D eigenvalue weighted by molar-refractivity contribution is 6.12. The molecular formula is C50H76N6O11. The van der Waals surface area contributed by atoms with E-state index in [1.807, 2.05) is 64.6 Å². The lowest BCUT2D eigenvalue weighted by molar-refractivity contribution is -0.149. The van der Waals surface area contributed by atoms with Gasteiger partial charge in [0.1, 0.15) is 18.1 Å². The minimum atomic E-state index is -1.16. The van der Waals surface area contributed by atoms with Crippen molar-refractivity contribution in [1.82, 2.24) is 30.2 Å². The number of carbonyl (C=O) groups excluding carboxylic acids is 7. The van der Waals surface area contributed by atoms with Crippen molar-refractivity contribution in [3.8, 4) is 0 Å². The van der Waals surface area contributed by atoms with Gasteiger partial charge in [-0.2, -0.15) is 0 Å². The Hall–Kier alpha value is -5.16. The van der Waals surface area contributed by atoms with Gasteiger partial charge in [0.2, 0.25) is 29.5 Å². The van der Waals surface area contributed by atoms with Gasteiger partial charge in [0.05, 0.1) is 36.6 Å². The first kappa shape index (κ1) is 54.4. The molecular weight excluding hydrogens is 861 g/mol. The highest BCUT2D eigenvalue weighted by Gasteiger charge is 2.57. The molecule has 2 aliphatic heterocycles. The molecule has 17 nitrogen and oxygen atoms in total. The molecule has 1 aliphatic carbocycles. The summed E-state index contributed by atoms with van der Waals surface area (Å²) in [5, 5.41) is 15.6. The number of nitrogens with one attached hydrogen (secondary N) is 2. The average Bonchev–Trinajstić information content (AvgIpc) is 3.83. The zero-order valence-corrected chi connectivity index (χ0v) is 41.4. The van der Waals surface area contributed by atoms with Crippen LogP contribution in [0.3, 0.4) is 0 Å². The van der Waals surface area contributed by atoms with Gasteiger partial charge in [0, 0.05) is 65.9 Å². The topological polar surface area (TPSA) is 212 Å². The maximum Gasteiger partial charge on any atom is 0.326 e. The number of likely N-dealkylation sites (N-methyl/N-ethyl adjacent to an activating group) is 2. The van der Waals surface area contributed by atoms with Crippen molar-refractivity contribution in [2.45, 2.75) is 155 Å². The van der Waals surface area contributed by atoms with Gasteiger partial charge >= 0.3 is 5.97 Å². The van der Waals surface area contributed by atoms with E-state index in [1.54, 1.807) is 38.1 Å². The predicted molar refractivity (Wildman–Crippen MR) is 251 cm³/mol. The van der Waals surface area contributed by atoms with Crippen LogP contribution in [0.4, 0.5) is 0 Å². The number of hydrogen-bond donors (Lipinski definition) is 3. The van der Waals surface area contributed by atoms with Crippen LogP contribution in [-0.4, -0.2) is 155 Å². The van der Waals surface area contributed by atoms with E-state index in [4.69, 9.17) is 9.47 Å². The number of carbonyl (C=O) groups is 8. The zero-order chi connectivity index (χ0) is 49.9. The van der Waals surface area contributed by atoms with Gasteiger partial charge in [-0.05, 0) is 54.9 Å². The number of carboxylic acids is 1. The SMILES string of the molecule is CC[C@H](C)[C@@H](C(CC(=O)N1C2C[C@H]2C[C@H]1[C@H](OC)[C@@H](C)C(=O)N[C@@H](Cc1ccccc1)C(=O)O)OC)N(C)C(=O)[C@@H](NC(=O)[C@H](C(C)C)N(C)C(=O)CCCCCN1C(=O)C=CC1=O)C(C)C. The van der Waals surface area contributed by atoms with Gasteiger partial charge in [-0.25, -0.2) is 4.79 Å². The summed E-state index contributed by atoms with van der Waals surface area (Å²) in [6.07, 6.45) is 4.99. The first-order valence-corrected chi connectivity index (χ1v) is 24.0. The van der Waals surface area contributed by atoms with Crippen LogP contribution in [-0.2, 0) is 54.3 Å². The van der Waals surface area contributed by atoms with Crippen molar-refractivity contribution in [3.05, 3.63) is 48.0 Å². The third-order valence-corrected chi connectivity index (χ3v) is 14.1. The molecule has 0 bridgehead atoms. The minimum Gasteiger partial charge on any atom is -0.480 e. The quantitative estimate of drug-likeness (QED) is 0.0853. The number of imide groups is 1. The van der Waals surface area contributed by atoms with E-state index in [-0.39, 0.29) is 85.1 Å². The summed E-state index contributed by atoms with van der Waals surface area (Å²) in [5.41, 5.74) is 0.767. The molecule has 2 heterocycles. The summed E-state index contributed by atoms with van der Waals surface area (Å²) in [6.45, 7) is 13.3. The molecule has 2 fully saturated rings. The van der Waals surface area contributed by atoms with Crippen LogP contribution in [0.25, 0.3) is 0 Å². The van der Waals surface area contributed by atoms with Crippen molar-refractivity contribution in [1.29, 1.82) is 0 Å². The Morgan fingerprint density at radius 2 is 1.46 bits per heavy atom. The Morgan fingerprint density at radius 1 is 0.821 bits per heavy atom. The number of likely N-dealkylation sites (tertiary alicyclic amines) is 1. The number of aliphatic carboxylic acids is 1. The minimum absolute atomic E-state index is 0.0370. The number of ether oxygens (including phenoxy) is 2. The standard InChI is InChI=1S/C50H76N6O11/c1-12-31(6)45(54(9)49(63)43(29(2)3)52-48(62)44(30(4)5)53(8)39(57)21-17-14-18-24-55-40(58)22-23-41(55)59)38(66-10)28-42(60)56-36-26-34(36)27-37(56)46(67-11)32(7)47(61)51-35(50(64)65)25-33-19-15-13-16-20-33/h13,15-16,19-20,22-23,29-32,34-38,43-46H,12,14,17-18,21,24-28H2,1-11H3,(H,51,61)(H,52,62)(H,64,65)/t31-,32+,34-,35-,36?,37-,38?,43-,44-,45-,46+/m0/s1. The van der Waals surface area contributed by atoms with E-state index in [9.17, 15) is 43.5 Å². The van der Waals surface area contributed by atoms with Crippen molar-refractivity contribution in [3.63, 3.8) is 0 Å². The maximum absolute atomic E-state index is 14.6. The molecule has 67 heavy (non-hydrogen) atoms. The van der Waals surface area contributed by atoms with E-state index in [1.165, 1.54) is 36.2 Å². The molecule has 372 valence electrons. The second kappa shape index (κ2) is 24.7. The van der Waals surface area contributed by atoms with Crippen LogP contribution in [0, 0.1) is 29.6 Å². The van der Waals surface area contributed by atoms with Crippen LogP contribution >= 0.6 is 0 Å². The van der Waals surface area contributed by atoms with Crippen molar-refractivity contribution >= 4 is 47.3 Å². The lowest BCUT2D eigenvalue weighted by atomic mass is 9.89. The van der Waals surface area contributed by atoms with Gasteiger partial charge in [-0.1, -0.05) is 91.6 Å². The Labute approximate surface area is 396 Å². The first-order chi connectivity index (χ1) is 31.7. The lowest BCUT2D eigenvalue weighted by Gasteiger charge is -2.41. The van der Waals surface area contributed by atoms with Crippen LogP contribution < -0.4 is 10.6 Å². The summed E-state index contributed by atoms with van der Waals surface area (Å²) in [6, 6.07) is 5.00. The van der Waals surface area contributed by atoms with Crippen molar-refractivity contribution < 1.29 is 52.9 Å². The van der Waals surface area contributed by atoms with Crippen molar-refractivity contribution in [2.75, 3.05) is 34.9 Å². The predicted octanol–water partition coefficient (Wildman–Crippen LogP) is 3.83. The molecule has 1 aromatic rings. The molecule has 1 saturated carbocycles. The number of rotatable bonds is 27. The first-order valence-electron chi connectivity index (χ1n) is 24.0. The number of hydrogen-bond acceptors (Lipinski definition) is 10. The van der Waals surface area contributed by atoms with E-state index in [0.29, 0.717) is 32.1 Å². The van der Waals surface area contributed by atoms with E-state index in [0.717, 1.165) is 12.0 Å². The number of carboxylic acid groups (broad SMARTS) is 1. The monoisotopic (exact) mass is 937 g/mol. The van der Waals surface area contributed by atoms with Crippen LogP contribution in [0.2, 0.25) is 0 Å². The van der Waals surface area contributed by atoms with Gasteiger partial charge in [-0.15, -0.1) is 0 Å². The summed E-state index contributed by atoms with van der Waals surface area (Å²) < 4.78 is 12.0. The summed E-state index contributed by atoms with van der Waals surface area (Å²) >= 11 is 0. The number of nitrogens with zero attached hydrogens (tertiary/aromatic N) is 4. The molecule has 1 aromatic carbocycles. The van der Waals surface area contributed by atoms with E-state index >= 15 is 0 Å². The normalized spacial score (nSPS) is 21.2. The average molecular weight is 937 g/mol. The molecule has 7 amide bonds. The summed E-state index contributed by atoms with van der Waals surface area (Å²) in [5.74, 6) is -4.91. The number of benzene rings is 1. The molecule has 3 N–H and O–H groups in total. The molecule has 0 radical (unpaired) electrons. The largest absolute Gasteiger partial charge is 0.480 e. The highest BCUT2D eigenvalue weighted by Crippen LogP contribution is 2.50. The van der Waals surface area contributed by atoms with Crippen LogP contribution in [0.5, 0.6) is 0 Å². The third-order valence-electron chi connectivity index (χ3n) is 14.1. The lowest BCUT2D eigenvalue weighted by Crippen LogP contribution is -2.60. The Kier molecular flexibility index (Phi) is 20.1. The molecule has 0 spiro atoms. The molecule has 4 rings (SSSR count). The zero-order valence-electron chi connectivity index (χ0n) is 41.4. The molecule has 2 unspecified atom stereocenters. The number of fused-ring (bicyclic) bond motifs is 1. The highest BCUT2D eigenvalue weighted by atomic mass is 16.5. The Bertz CT molecular complexity index is 1920.